The summed E-state index contributed by atoms with van der Waals surface area (Å²) >= 11 is 0. The third kappa shape index (κ3) is 7.30. The van der Waals surface area contributed by atoms with Crippen LogP contribution in [0.2, 0.25) is 0 Å². The topological polar surface area (TPSA) is 54.0 Å². The van der Waals surface area contributed by atoms with Crippen molar-refractivity contribution in [2.24, 2.45) is 5.92 Å². The Bertz CT molecular complexity index is 271. The van der Waals surface area contributed by atoms with Gasteiger partial charge in [0, 0.05) is 7.11 Å². The van der Waals surface area contributed by atoms with Gasteiger partial charge in [0.25, 0.3) is 0 Å². The molecule has 0 N–H and O–H groups in total. The summed E-state index contributed by atoms with van der Waals surface area (Å²) in [6, 6.07) is 0. The zero-order valence-corrected chi connectivity index (χ0v) is 11.7. The molecule has 0 aromatic heterocycles. The van der Waals surface area contributed by atoms with Crippen LogP contribution in [0.25, 0.3) is 0 Å². The second-order valence-corrected chi connectivity index (χ2v) is 4.78. The normalized spacial score (nSPS) is 16.3. The van der Waals surface area contributed by atoms with Crippen molar-refractivity contribution in [3.63, 3.8) is 0 Å². The summed E-state index contributed by atoms with van der Waals surface area (Å²) in [6.07, 6.45) is 6.31. The van der Waals surface area contributed by atoms with Gasteiger partial charge < -0.3 is 18.9 Å². The van der Waals surface area contributed by atoms with Gasteiger partial charge in [0.15, 0.2) is 6.79 Å². The highest BCUT2D eigenvalue weighted by Crippen LogP contribution is 2.23. The second kappa shape index (κ2) is 9.95. The maximum absolute atomic E-state index is 11.5. The van der Waals surface area contributed by atoms with Gasteiger partial charge in [-0.1, -0.05) is 25.8 Å². The van der Waals surface area contributed by atoms with E-state index in [0.717, 1.165) is 0 Å². The Morgan fingerprint density at radius 3 is 2.58 bits per heavy atom. The largest absolute Gasteiger partial charge is 0.435 e. The number of hydrogen-bond donors (Lipinski definition) is 0. The summed E-state index contributed by atoms with van der Waals surface area (Å²) in [5, 5.41) is 0. The van der Waals surface area contributed by atoms with Crippen LogP contribution in [0.4, 0.5) is 0 Å². The van der Waals surface area contributed by atoms with Crippen molar-refractivity contribution < 1.29 is 23.7 Å². The summed E-state index contributed by atoms with van der Waals surface area (Å²) in [6.45, 7) is 4.47. The minimum absolute atomic E-state index is 0.0152. The Labute approximate surface area is 114 Å². The Kier molecular flexibility index (Phi) is 8.45. The lowest BCUT2D eigenvalue weighted by Gasteiger charge is -2.21. The lowest BCUT2D eigenvalue weighted by atomic mass is 9.90. The quantitative estimate of drug-likeness (QED) is 0.279. The highest BCUT2D eigenvalue weighted by molar-refractivity contribution is 5.87. The van der Waals surface area contributed by atoms with Crippen molar-refractivity contribution in [3.8, 4) is 0 Å². The fraction of sp³-hybridized carbons (Fsp3) is 0.786. The van der Waals surface area contributed by atoms with Gasteiger partial charge in [-0.15, -0.1) is 0 Å². The van der Waals surface area contributed by atoms with E-state index in [1.54, 1.807) is 0 Å². The van der Waals surface area contributed by atoms with Gasteiger partial charge in [-0.3, -0.25) is 0 Å². The summed E-state index contributed by atoms with van der Waals surface area (Å²) < 4.78 is 20.0. The van der Waals surface area contributed by atoms with Crippen LogP contribution < -0.4 is 0 Å². The van der Waals surface area contributed by atoms with E-state index in [2.05, 4.69) is 6.58 Å². The van der Waals surface area contributed by atoms with Crippen molar-refractivity contribution >= 4 is 5.97 Å². The first-order valence-electron chi connectivity index (χ1n) is 6.73. The van der Waals surface area contributed by atoms with Crippen molar-refractivity contribution in [1.29, 1.82) is 0 Å². The first kappa shape index (κ1) is 16.1. The van der Waals surface area contributed by atoms with Gasteiger partial charge in [0.2, 0.25) is 0 Å². The molecule has 1 rings (SSSR count). The molecule has 1 fully saturated rings. The van der Waals surface area contributed by atoms with Crippen LogP contribution in [-0.2, 0) is 23.7 Å². The van der Waals surface area contributed by atoms with E-state index in [-0.39, 0.29) is 25.8 Å². The number of rotatable bonds is 9. The number of carbonyl (C=O) groups is 1. The van der Waals surface area contributed by atoms with Crippen molar-refractivity contribution in [2.75, 3.05) is 33.9 Å². The third-order valence-corrected chi connectivity index (χ3v) is 3.12. The van der Waals surface area contributed by atoms with E-state index in [1.807, 2.05) is 0 Å². The number of methoxy groups -OCH3 is 1. The van der Waals surface area contributed by atoms with Crippen LogP contribution in [0.5, 0.6) is 0 Å². The molecule has 0 unspecified atom stereocenters. The molecular formula is C14H24O5. The standard InChI is InChI=1S/C14H24O5/c1-12(8-17-10-16-2)14(15)19-11-18-9-13-6-4-3-5-7-13/h13H,1,3-11H2,2H3. The number of ether oxygens (including phenoxy) is 4. The molecule has 0 heterocycles. The van der Waals surface area contributed by atoms with E-state index >= 15 is 0 Å². The lowest BCUT2D eigenvalue weighted by Crippen LogP contribution is -2.18. The van der Waals surface area contributed by atoms with Crippen LogP contribution in [0.1, 0.15) is 32.1 Å². The SMILES string of the molecule is C=C(COCOC)C(=O)OCOCC1CCCCC1. The molecule has 0 saturated heterocycles. The Balaban J connectivity index is 2.01. The molecule has 0 atom stereocenters. The average Bonchev–Trinajstić information content (AvgIpc) is 2.44. The highest BCUT2D eigenvalue weighted by atomic mass is 16.7. The van der Waals surface area contributed by atoms with E-state index in [1.165, 1.54) is 39.2 Å². The summed E-state index contributed by atoms with van der Waals surface area (Å²) in [5.74, 6) is 0.125. The molecule has 1 aliphatic rings. The van der Waals surface area contributed by atoms with Crippen molar-refractivity contribution in [1.82, 2.24) is 0 Å². The summed E-state index contributed by atoms with van der Waals surface area (Å²) in [5.41, 5.74) is 0.262. The predicted octanol–water partition coefficient (Wildman–Crippen LogP) is 2.26. The van der Waals surface area contributed by atoms with Gasteiger partial charge in [0.05, 0.1) is 18.8 Å². The zero-order chi connectivity index (χ0) is 13.9. The molecule has 0 aromatic carbocycles. The molecule has 110 valence electrons. The molecule has 5 heteroatoms. The zero-order valence-electron chi connectivity index (χ0n) is 11.7. The first-order chi connectivity index (χ1) is 9.24. The molecule has 0 spiro atoms. The van der Waals surface area contributed by atoms with Gasteiger partial charge in [-0.25, -0.2) is 4.79 Å². The van der Waals surface area contributed by atoms with E-state index in [9.17, 15) is 4.79 Å². The molecule has 0 radical (unpaired) electrons. The Hall–Kier alpha value is -0.910. The fourth-order valence-corrected chi connectivity index (χ4v) is 2.07. The van der Waals surface area contributed by atoms with Gasteiger partial charge in [-0.05, 0) is 18.8 Å². The van der Waals surface area contributed by atoms with Crippen LogP contribution in [0.3, 0.4) is 0 Å². The van der Waals surface area contributed by atoms with Crippen LogP contribution in [0, 0.1) is 5.92 Å². The van der Waals surface area contributed by atoms with Gasteiger partial charge in [0.1, 0.15) is 6.79 Å². The number of esters is 1. The Morgan fingerprint density at radius 1 is 1.16 bits per heavy atom. The second-order valence-electron chi connectivity index (χ2n) is 4.78. The monoisotopic (exact) mass is 272 g/mol. The summed E-state index contributed by atoms with van der Waals surface area (Å²) in [7, 11) is 1.51. The molecule has 0 amide bonds. The third-order valence-electron chi connectivity index (χ3n) is 3.12. The smallest absolute Gasteiger partial charge is 0.337 e. The molecule has 1 saturated carbocycles. The van der Waals surface area contributed by atoms with E-state index in [0.29, 0.717) is 12.5 Å². The molecular weight excluding hydrogens is 248 g/mol. The van der Waals surface area contributed by atoms with Crippen LogP contribution >= 0.6 is 0 Å². The van der Waals surface area contributed by atoms with Gasteiger partial charge in [-0.2, -0.15) is 0 Å². The van der Waals surface area contributed by atoms with Crippen LogP contribution in [0.15, 0.2) is 12.2 Å². The van der Waals surface area contributed by atoms with E-state index < -0.39 is 5.97 Å². The summed E-state index contributed by atoms with van der Waals surface area (Å²) in [4.78, 5) is 11.5. The lowest BCUT2D eigenvalue weighted by molar-refractivity contribution is -0.153. The molecule has 0 bridgehead atoms. The fourth-order valence-electron chi connectivity index (χ4n) is 2.07. The number of hydrogen-bond acceptors (Lipinski definition) is 5. The predicted molar refractivity (Wildman–Crippen MR) is 70.5 cm³/mol. The Morgan fingerprint density at radius 2 is 1.89 bits per heavy atom. The minimum atomic E-state index is -0.486. The first-order valence-corrected chi connectivity index (χ1v) is 6.73. The highest BCUT2D eigenvalue weighted by Gasteiger charge is 2.14. The maximum Gasteiger partial charge on any atom is 0.337 e. The molecule has 0 aliphatic heterocycles. The van der Waals surface area contributed by atoms with E-state index in [4.69, 9.17) is 18.9 Å². The van der Waals surface area contributed by atoms with Crippen LogP contribution in [-0.4, -0.2) is 39.9 Å². The maximum atomic E-state index is 11.5. The van der Waals surface area contributed by atoms with Gasteiger partial charge >= 0.3 is 5.97 Å². The molecule has 0 aromatic rings. The molecule has 5 nitrogen and oxygen atoms in total. The van der Waals surface area contributed by atoms with Crippen molar-refractivity contribution in [3.05, 3.63) is 12.2 Å². The minimum Gasteiger partial charge on any atom is -0.435 e. The molecule has 1 aliphatic carbocycles. The number of carbonyl (C=O) groups excluding carboxylic acids is 1. The molecule has 19 heavy (non-hydrogen) atoms. The van der Waals surface area contributed by atoms with Crippen molar-refractivity contribution in [2.45, 2.75) is 32.1 Å². The average molecular weight is 272 g/mol.